The van der Waals surface area contributed by atoms with E-state index in [4.69, 9.17) is 5.84 Å². The number of rotatable bonds is 4. The zero-order valence-corrected chi connectivity index (χ0v) is 12.2. The summed E-state index contributed by atoms with van der Waals surface area (Å²) in [5.41, 5.74) is 3.26. The van der Waals surface area contributed by atoms with E-state index in [0.29, 0.717) is 22.6 Å². The number of benzene rings is 1. The summed E-state index contributed by atoms with van der Waals surface area (Å²) < 4.78 is 27.0. The van der Waals surface area contributed by atoms with Gasteiger partial charge in [-0.05, 0) is 38.0 Å². The number of anilines is 1. The maximum Gasteiger partial charge on any atom is 0.147 e. The molecule has 1 fully saturated rings. The number of nitrogens with zero attached hydrogens (tertiary/aromatic N) is 2. The van der Waals surface area contributed by atoms with Crippen LogP contribution < -0.4 is 11.3 Å². The molecule has 4 nitrogen and oxygen atoms in total. The molecule has 0 unspecified atom stereocenters. The minimum atomic E-state index is -0.481. The van der Waals surface area contributed by atoms with E-state index in [-0.39, 0.29) is 4.90 Å². The fourth-order valence-corrected chi connectivity index (χ4v) is 2.87. The average Bonchev–Trinajstić information content (AvgIpc) is 3.29. The Balaban J connectivity index is 2.00. The fraction of sp³-hybridized carbons (Fsp3) is 0.286. The summed E-state index contributed by atoms with van der Waals surface area (Å²) in [6.07, 6.45) is 2.09. The summed E-state index contributed by atoms with van der Waals surface area (Å²) in [6, 6.07) is 3.36. The first-order valence-corrected chi connectivity index (χ1v) is 7.38. The molecule has 1 aliphatic carbocycles. The molecule has 0 amide bonds. The first-order valence-electron chi connectivity index (χ1n) is 6.56. The lowest BCUT2D eigenvalue weighted by Gasteiger charge is -2.11. The molecular weight excluding hydrogens is 294 g/mol. The second-order valence-electron chi connectivity index (χ2n) is 4.96. The van der Waals surface area contributed by atoms with Gasteiger partial charge in [0.1, 0.15) is 28.3 Å². The van der Waals surface area contributed by atoms with Gasteiger partial charge in [-0.25, -0.2) is 24.6 Å². The summed E-state index contributed by atoms with van der Waals surface area (Å²) in [4.78, 5) is 9.04. The van der Waals surface area contributed by atoms with E-state index in [1.807, 2.05) is 0 Å². The van der Waals surface area contributed by atoms with Gasteiger partial charge in [0.2, 0.25) is 0 Å². The number of aromatic nitrogens is 2. The Bertz CT molecular complexity index is 689. The first kappa shape index (κ1) is 14.2. The standard InChI is InChI=1S/C14H14F2N4S/c1-7-12(20-17)18-13(8-2-3-8)19-14(7)21-11-6-9(15)4-5-10(11)16/h4-6,8H,2-3,17H2,1H3,(H,18,19,20). The molecule has 1 heterocycles. The molecule has 3 rings (SSSR count). The molecule has 3 N–H and O–H groups in total. The van der Waals surface area contributed by atoms with E-state index in [9.17, 15) is 8.78 Å². The van der Waals surface area contributed by atoms with Crippen molar-refractivity contribution in [2.45, 2.75) is 35.6 Å². The maximum atomic E-state index is 13.8. The van der Waals surface area contributed by atoms with Gasteiger partial charge in [-0.3, -0.25) is 0 Å². The molecule has 21 heavy (non-hydrogen) atoms. The number of nitrogens with one attached hydrogen (secondary N) is 1. The summed E-state index contributed by atoms with van der Waals surface area (Å²) in [7, 11) is 0. The average molecular weight is 308 g/mol. The molecule has 1 saturated carbocycles. The zero-order valence-electron chi connectivity index (χ0n) is 11.4. The highest BCUT2D eigenvalue weighted by atomic mass is 32.2. The van der Waals surface area contributed by atoms with Crippen molar-refractivity contribution in [3.63, 3.8) is 0 Å². The predicted molar refractivity (Wildman–Crippen MR) is 77.0 cm³/mol. The lowest BCUT2D eigenvalue weighted by atomic mass is 10.3. The van der Waals surface area contributed by atoms with Crippen LogP contribution in [0.25, 0.3) is 0 Å². The monoisotopic (exact) mass is 308 g/mol. The molecule has 2 aromatic rings. The third kappa shape index (κ3) is 2.98. The Morgan fingerprint density at radius 1 is 1.29 bits per heavy atom. The van der Waals surface area contributed by atoms with Crippen molar-refractivity contribution >= 4 is 17.6 Å². The fourth-order valence-electron chi connectivity index (χ4n) is 1.94. The van der Waals surface area contributed by atoms with Gasteiger partial charge in [0.25, 0.3) is 0 Å². The van der Waals surface area contributed by atoms with Crippen LogP contribution in [-0.4, -0.2) is 9.97 Å². The molecule has 1 aromatic heterocycles. The molecule has 0 saturated heterocycles. The lowest BCUT2D eigenvalue weighted by molar-refractivity contribution is 0.577. The first-order chi connectivity index (χ1) is 10.1. The van der Waals surface area contributed by atoms with Crippen molar-refractivity contribution < 1.29 is 8.78 Å². The lowest BCUT2D eigenvalue weighted by Crippen LogP contribution is -2.13. The van der Waals surface area contributed by atoms with E-state index in [2.05, 4.69) is 15.4 Å². The van der Waals surface area contributed by atoms with E-state index in [1.54, 1.807) is 6.92 Å². The maximum absolute atomic E-state index is 13.8. The Labute approximate surface area is 125 Å². The van der Waals surface area contributed by atoms with Crippen molar-refractivity contribution in [1.82, 2.24) is 9.97 Å². The summed E-state index contributed by atoms with van der Waals surface area (Å²) in [6.45, 7) is 1.80. The van der Waals surface area contributed by atoms with Gasteiger partial charge in [0.15, 0.2) is 0 Å². The van der Waals surface area contributed by atoms with Gasteiger partial charge in [-0.1, -0.05) is 11.8 Å². The van der Waals surface area contributed by atoms with Crippen LogP contribution in [0, 0.1) is 18.6 Å². The van der Waals surface area contributed by atoms with Crippen LogP contribution in [-0.2, 0) is 0 Å². The van der Waals surface area contributed by atoms with Gasteiger partial charge in [-0.2, -0.15) is 0 Å². The second kappa shape index (κ2) is 5.57. The molecule has 0 bridgehead atoms. The number of hydrazine groups is 1. The topological polar surface area (TPSA) is 63.8 Å². The minimum absolute atomic E-state index is 0.196. The summed E-state index contributed by atoms with van der Waals surface area (Å²) in [5, 5.41) is 0.587. The highest BCUT2D eigenvalue weighted by Gasteiger charge is 2.28. The van der Waals surface area contributed by atoms with Gasteiger partial charge >= 0.3 is 0 Å². The molecule has 0 atom stereocenters. The van der Waals surface area contributed by atoms with E-state index in [1.165, 1.54) is 0 Å². The largest absolute Gasteiger partial charge is 0.308 e. The van der Waals surface area contributed by atoms with Crippen molar-refractivity contribution in [2.24, 2.45) is 5.84 Å². The second-order valence-corrected chi connectivity index (χ2v) is 5.99. The van der Waals surface area contributed by atoms with E-state index < -0.39 is 11.6 Å². The number of hydrogen-bond acceptors (Lipinski definition) is 5. The Hall–Kier alpha value is -1.73. The Morgan fingerprint density at radius 2 is 2.05 bits per heavy atom. The van der Waals surface area contributed by atoms with Gasteiger partial charge < -0.3 is 5.43 Å². The van der Waals surface area contributed by atoms with E-state index in [0.717, 1.165) is 48.4 Å². The molecule has 110 valence electrons. The summed E-state index contributed by atoms with van der Waals surface area (Å²) >= 11 is 1.08. The normalized spacial score (nSPS) is 14.3. The minimum Gasteiger partial charge on any atom is -0.308 e. The quantitative estimate of drug-likeness (QED) is 0.515. The molecule has 7 heteroatoms. The predicted octanol–water partition coefficient (Wildman–Crippen LogP) is 3.38. The van der Waals surface area contributed by atoms with Gasteiger partial charge in [-0.15, -0.1) is 0 Å². The van der Waals surface area contributed by atoms with Crippen molar-refractivity contribution in [1.29, 1.82) is 0 Å². The Kier molecular flexibility index (Phi) is 3.77. The zero-order chi connectivity index (χ0) is 15.0. The van der Waals surface area contributed by atoms with Crippen molar-refractivity contribution in [2.75, 3.05) is 5.43 Å². The Morgan fingerprint density at radius 3 is 2.71 bits per heavy atom. The number of nitrogens with two attached hydrogens (primary N) is 1. The van der Waals surface area contributed by atoms with E-state index >= 15 is 0 Å². The third-order valence-corrected chi connectivity index (χ3v) is 4.42. The number of nitrogen functional groups attached to an aromatic ring is 1. The van der Waals surface area contributed by atoms with Crippen LogP contribution in [0.3, 0.4) is 0 Å². The van der Waals surface area contributed by atoms with Crippen LogP contribution in [0.15, 0.2) is 28.1 Å². The number of halogens is 2. The molecule has 0 aliphatic heterocycles. The van der Waals surface area contributed by atoms with Crippen LogP contribution >= 0.6 is 11.8 Å². The van der Waals surface area contributed by atoms with Crippen molar-refractivity contribution in [3.05, 3.63) is 41.2 Å². The van der Waals surface area contributed by atoms with Crippen LogP contribution in [0.4, 0.5) is 14.6 Å². The van der Waals surface area contributed by atoms with Crippen LogP contribution in [0.1, 0.15) is 30.1 Å². The van der Waals surface area contributed by atoms with Crippen LogP contribution in [0.2, 0.25) is 0 Å². The smallest absolute Gasteiger partial charge is 0.147 e. The number of hydrogen-bond donors (Lipinski definition) is 2. The highest BCUT2D eigenvalue weighted by Crippen LogP contribution is 2.41. The summed E-state index contributed by atoms with van der Waals surface area (Å²) in [5.74, 6) is 6.08. The SMILES string of the molecule is Cc1c(NN)nc(C2CC2)nc1Sc1cc(F)ccc1F. The molecule has 1 aliphatic rings. The molecular formula is C14H14F2N4S. The molecule has 0 radical (unpaired) electrons. The highest BCUT2D eigenvalue weighted by molar-refractivity contribution is 7.99. The van der Waals surface area contributed by atoms with Gasteiger partial charge in [0.05, 0.1) is 4.90 Å². The molecule has 0 spiro atoms. The van der Waals surface area contributed by atoms with Crippen LogP contribution in [0.5, 0.6) is 0 Å². The van der Waals surface area contributed by atoms with Gasteiger partial charge in [0, 0.05) is 11.5 Å². The third-order valence-electron chi connectivity index (χ3n) is 3.30. The van der Waals surface area contributed by atoms with Crippen molar-refractivity contribution in [3.8, 4) is 0 Å². The molecule has 1 aromatic carbocycles.